The Labute approximate surface area is 115 Å². The molecule has 0 aliphatic rings. The first kappa shape index (κ1) is 15.9. The summed E-state index contributed by atoms with van der Waals surface area (Å²) in [6.45, 7) is 1.59. The molecule has 0 saturated carbocycles. The van der Waals surface area contributed by atoms with Crippen molar-refractivity contribution in [1.29, 1.82) is 0 Å². The highest BCUT2D eigenvalue weighted by molar-refractivity contribution is 7.99. The predicted octanol–water partition coefficient (Wildman–Crippen LogP) is 2.73. The van der Waals surface area contributed by atoms with Crippen LogP contribution in [0.3, 0.4) is 0 Å². The minimum Gasteiger partial charge on any atom is -0.468 e. The number of hydrogen-bond donors (Lipinski definition) is 1. The maximum absolute atomic E-state index is 13.3. The van der Waals surface area contributed by atoms with Crippen LogP contribution in [0.1, 0.15) is 19.8 Å². The van der Waals surface area contributed by atoms with Crippen molar-refractivity contribution in [3.8, 4) is 0 Å². The summed E-state index contributed by atoms with van der Waals surface area (Å²) in [6, 6.07) is 3.33. The predicted molar refractivity (Wildman–Crippen MR) is 70.9 cm³/mol. The molecule has 1 unspecified atom stereocenters. The summed E-state index contributed by atoms with van der Waals surface area (Å²) in [5.41, 5.74) is 4.74. The Morgan fingerprint density at radius 1 is 1.47 bits per heavy atom. The minimum atomic E-state index is -1.05. The lowest BCUT2D eigenvalue weighted by atomic mass is 9.98. The molecule has 3 nitrogen and oxygen atoms in total. The molecule has 106 valence electrons. The molecule has 0 spiro atoms. The Hall–Kier alpha value is -1.14. The van der Waals surface area contributed by atoms with Crippen LogP contribution in [-0.4, -0.2) is 24.4 Å². The van der Waals surface area contributed by atoms with E-state index in [1.807, 2.05) is 0 Å². The number of carbonyl (C=O) groups is 1. The molecule has 1 aromatic carbocycles. The standard InChI is InChI=1S/C13H17F2NO2S/c1-13(16,12(17)18-2)6-3-7-19-11-8-9(14)4-5-10(11)15/h4-5,8H,3,6-7,16H2,1-2H3. The van der Waals surface area contributed by atoms with E-state index < -0.39 is 23.1 Å². The molecule has 6 heteroatoms. The van der Waals surface area contributed by atoms with Crippen LogP contribution < -0.4 is 5.73 Å². The normalized spacial score (nSPS) is 13.9. The van der Waals surface area contributed by atoms with Crippen molar-refractivity contribution in [3.05, 3.63) is 29.8 Å². The van der Waals surface area contributed by atoms with Crippen molar-refractivity contribution in [2.45, 2.75) is 30.2 Å². The molecule has 0 bridgehead atoms. The molecule has 0 fully saturated rings. The van der Waals surface area contributed by atoms with Crippen LogP contribution >= 0.6 is 11.8 Å². The summed E-state index contributed by atoms with van der Waals surface area (Å²) in [7, 11) is 1.28. The average Bonchev–Trinajstić information content (AvgIpc) is 2.37. The van der Waals surface area contributed by atoms with Crippen molar-refractivity contribution < 1.29 is 18.3 Å². The summed E-state index contributed by atoms with van der Waals surface area (Å²) in [5, 5.41) is 0. The van der Waals surface area contributed by atoms with Crippen LogP contribution in [0.2, 0.25) is 0 Å². The second kappa shape index (κ2) is 6.86. The fourth-order valence-corrected chi connectivity index (χ4v) is 2.45. The van der Waals surface area contributed by atoms with E-state index in [0.29, 0.717) is 18.6 Å². The Kier molecular flexibility index (Phi) is 5.75. The fourth-order valence-electron chi connectivity index (χ4n) is 1.54. The Morgan fingerprint density at radius 3 is 2.79 bits per heavy atom. The summed E-state index contributed by atoms with van der Waals surface area (Å²) >= 11 is 1.20. The van der Waals surface area contributed by atoms with E-state index in [1.165, 1.54) is 18.9 Å². The topological polar surface area (TPSA) is 52.3 Å². The highest BCUT2D eigenvalue weighted by atomic mass is 32.2. The third kappa shape index (κ3) is 4.80. The maximum atomic E-state index is 13.3. The molecule has 2 N–H and O–H groups in total. The van der Waals surface area contributed by atoms with Gasteiger partial charge in [-0.05, 0) is 43.7 Å². The third-order valence-electron chi connectivity index (χ3n) is 2.64. The number of thioether (sulfide) groups is 1. The number of nitrogens with two attached hydrogens (primary N) is 1. The molecular formula is C13H17F2NO2S. The van der Waals surface area contributed by atoms with Crippen LogP contribution in [-0.2, 0) is 9.53 Å². The fraction of sp³-hybridized carbons (Fsp3) is 0.462. The Bertz CT molecular complexity index is 452. The first-order valence-corrected chi connectivity index (χ1v) is 6.80. The lowest BCUT2D eigenvalue weighted by Crippen LogP contribution is -2.45. The van der Waals surface area contributed by atoms with Gasteiger partial charge in [0.05, 0.1) is 7.11 Å². The van der Waals surface area contributed by atoms with Crippen LogP contribution in [0.4, 0.5) is 8.78 Å². The number of halogens is 2. The highest BCUT2D eigenvalue weighted by Gasteiger charge is 2.28. The summed E-state index contributed by atoms with van der Waals surface area (Å²) in [5.74, 6) is -0.851. The van der Waals surface area contributed by atoms with Gasteiger partial charge in [-0.3, -0.25) is 4.79 Å². The lowest BCUT2D eigenvalue weighted by Gasteiger charge is -2.20. The molecule has 0 saturated heterocycles. The summed E-state index contributed by atoms with van der Waals surface area (Å²) in [6.07, 6.45) is 1.02. The third-order valence-corrected chi connectivity index (χ3v) is 3.76. The Morgan fingerprint density at radius 2 is 2.16 bits per heavy atom. The average molecular weight is 289 g/mol. The number of methoxy groups -OCH3 is 1. The van der Waals surface area contributed by atoms with Gasteiger partial charge in [0.2, 0.25) is 0 Å². The molecule has 0 aromatic heterocycles. The molecular weight excluding hydrogens is 272 g/mol. The van der Waals surface area contributed by atoms with Crippen molar-refractivity contribution in [1.82, 2.24) is 0 Å². The van der Waals surface area contributed by atoms with Gasteiger partial charge in [0, 0.05) is 4.90 Å². The van der Waals surface area contributed by atoms with E-state index in [-0.39, 0.29) is 4.90 Å². The zero-order valence-electron chi connectivity index (χ0n) is 10.9. The van der Waals surface area contributed by atoms with Crippen molar-refractivity contribution in [2.24, 2.45) is 5.73 Å². The van der Waals surface area contributed by atoms with E-state index >= 15 is 0 Å². The molecule has 0 amide bonds. The quantitative estimate of drug-likeness (QED) is 0.497. The molecule has 0 radical (unpaired) electrons. The van der Waals surface area contributed by atoms with Gasteiger partial charge >= 0.3 is 5.97 Å². The first-order valence-electron chi connectivity index (χ1n) is 5.82. The molecule has 1 atom stereocenters. The van der Waals surface area contributed by atoms with E-state index in [0.717, 1.165) is 18.2 Å². The van der Waals surface area contributed by atoms with Crippen molar-refractivity contribution in [2.75, 3.05) is 12.9 Å². The van der Waals surface area contributed by atoms with Gasteiger partial charge in [-0.1, -0.05) is 0 Å². The largest absolute Gasteiger partial charge is 0.468 e. The van der Waals surface area contributed by atoms with Gasteiger partial charge < -0.3 is 10.5 Å². The van der Waals surface area contributed by atoms with Gasteiger partial charge in [-0.15, -0.1) is 11.8 Å². The van der Waals surface area contributed by atoms with Crippen molar-refractivity contribution >= 4 is 17.7 Å². The van der Waals surface area contributed by atoms with Gasteiger partial charge in [0.1, 0.15) is 17.2 Å². The van der Waals surface area contributed by atoms with Crippen LogP contribution in [0.25, 0.3) is 0 Å². The van der Waals surface area contributed by atoms with Crippen LogP contribution in [0.5, 0.6) is 0 Å². The van der Waals surface area contributed by atoms with Crippen LogP contribution in [0, 0.1) is 11.6 Å². The molecule has 1 rings (SSSR count). The SMILES string of the molecule is COC(=O)C(C)(N)CCCSc1cc(F)ccc1F. The lowest BCUT2D eigenvalue weighted by molar-refractivity contribution is -0.146. The zero-order chi connectivity index (χ0) is 14.5. The molecule has 1 aromatic rings. The number of benzene rings is 1. The van der Waals surface area contributed by atoms with E-state index in [4.69, 9.17) is 5.73 Å². The summed E-state index contributed by atoms with van der Waals surface area (Å²) in [4.78, 5) is 11.6. The second-order valence-electron chi connectivity index (χ2n) is 4.44. The number of rotatable bonds is 6. The zero-order valence-corrected chi connectivity index (χ0v) is 11.7. The number of ether oxygens (including phenoxy) is 1. The monoisotopic (exact) mass is 289 g/mol. The second-order valence-corrected chi connectivity index (χ2v) is 5.57. The Balaban J connectivity index is 2.43. The molecule has 0 heterocycles. The molecule has 0 aliphatic heterocycles. The smallest absolute Gasteiger partial charge is 0.325 e. The molecule has 19 heavy (non-hydrogen) atoms. The van der Waals surface area contributed by atoms with Gasteiger partial charge in [-0.25, -0.2) is 8.78 Å². The van der Waals surface area contributed by atoms with E-state index in [9.17, 15) is 13.6 Å². The number of carbonyl (C=O) groups excluding carboxylic acids is 1. The van der Waals surface area contributed by atoms with E-state index in [2.05, 4.69) is 4.74 Å². The molecule has 0 aliphatic carbocycles. The van der Waals surface area contributed by atoms with Gasteiger partial charge in [0.25, 0.3) is 0 Å². The van der Waals surface area contributed by atoms with Gasteiger partial charge in [0.15, 0.2) is 0 Å². The van der Waals surface area contributed by atoms with Crippen molar-refractivity contribution in [3.63, 3.8) is 0 Å². The van der Waals surface area contributed by atoms with Crippen LogP contribution in [0.15, 0.2) is 23.1 Å². The van der Waals surface area contributed by atoms with Gasteiger partial charge in [-0.2, -0.15) is 0 Å². The van der Waals surface area contributed by atoms with E-state index in [1.54, 1.807) is 6.92 Å². The summed E-state index contributed by atoms with van der Waals surface area (Å²) < 4.78 is 30.8. The first-order chi connectivity index (χ1) is 8.86. The number of hydrogen-bond acceptors (Lipinski definition) is 4. The maximum Gasteiger partial charge on any atom is 0.325 e. The highest BCUT2D eigenvalue weighted by Crippen LogP contribution is 2.24. The number of esters is 1. The minimum absolute atomic E-state index is 0.261.